The Labute approximate surface area is 127 Å². The Morgan fingerprint density at radius 3 is 2.62 bits per heavy atom. The van der Waals surface area contributed by atoms with Gasteiger partial charge in [-0.05, 0) is 50.7 Å². The van der Waals surface area contributed by atoms with Gasteiger partial charge in [0.25, 0.3) is 0 Å². The van der Waals surface area contributed by atoms with E-state index in [0.29, 0.717) is 6.04 Å². The molecular weight excluding hydrogens is 260 g/mol. The Morgan fingerprint density at radius 2 is 1.95 bits per heavy atom. The van der Waals surface area contributed by atoms with E-state index in [1.807, 2.05) is 6.26 Å². The zero-order valence-corrected chi connectivity index (χ0v) is 13.0. The normalized spacial score (nSPS) is 19.5. The second-order valence-electron chi connectivity index (χ2n) is 6.24. The van der Waals surface area contributed by atoms with Crippen molar-refractivity contribution in [1.82, 2.24) is 9.80 Å². The quantitative estimate of drug-likeness (QED) is 0.835. The third kappa shape index (κ3) is 3.55. The van der Waals surface area contributed by atoms with Crippen molar-refractivity contribution < 1.29 is 4.42 Å². The van der Waals surface area contributed by atoms with Crippen LogP contribution in [0.25, 0.3) is 0 Å². The molecule has 0 radical (unpaired) electrons. The van der Waals surface area contributed by atoms with Crippen molar-refractivity contribution in [2.45, 2.75) is 32.0 Å². The van der Waals surface area contributed by atoms with E-state index < -0.39 is 0 Å². The molecule has 0 amide bonds. The van der Waals surface area contributed by atoms with Crippen molar-refractivity contribution in [2.24, 2.45) is 0 Å². The molecule has 112 valence electrons. The van der Waals surface area contributed by atoms with Crippen LogP contribution in [0.15, 0.2) is 47.3 Å². The van der Waals surface area contributed by atoms with Crippen LogP contribution in [0.2, 0.25) is 0 Å². The summed E-state index contributed by atoms with van der Waals surface area (Å²) in [7, 11) is 4.22. The van der Waals surface area contributed by atoms with Gasteiger partial charge in [0.15, 0.2) is 0 Å². The molecule has 0 spiro atoms. The lowest BCUT2D eigenvalue weighted by Crippen LogP contribution is -2.22. The number of hydrogen-bond donors (Lipinski definition) is 0. The van der Waals surface area contributed by atoms with E-state index in [1.165, 1.54) is 36.1 Å². The molecule has 2 aromatic rings. The number of likely N-dealkylation sites (tertiary alicyclic amines) is 1. The lowest BCUT2D eigenvalue weighted by Gasteiger charge is -2.24. The molecule has 0 unspecified atom stereocenters. The van der Waals surface area contributed by atoms with Gasteiger partial charge in [-0.1, -0.05) is 24.3 Å². The molecule has 0 aliphatic carbocycles. The van der Waals surface area contributed by atoms with Crippen LogP contribution in [0.3, 0.4) is 0 Å². The summed E-state index contributed by atoms with van der Waals surface area (Å²) in [4.78, 5) is 4.77. The van der Waals surface area contributed by atoms with Gasteiger partial charge in [-0.3, -0.25) is 4.90 Å². The fourth-order valence-electron chi connectivity index (χ4n) is 3.22. The van der Waals surface area contributed by atoms with Crippen molar-refractivity contribution in [3.05, 3.63) is 59.5 Å². The van der Waals surface area contributed by atoms with Crippen LogP contribution >= 0.6 is 0 Å². The highest BCUT2D eigenvalue weighted by Gasteiger charge is 2.26. The summed E-state index contributed by atoms with van der Waals surface area (Å²) in [6, 6.07) is 11.8. The van der Waals surface area contributed by atoms with E-state index in [2.05, 4.69) is 54.2 Å². The SMILES string of the molecule is CN(C)Cc1ccc([C@H]2CCCN2Cc2ccoc2)cc1. The molecule has 0 N–H and O–H groups in total. The van der Waals surface area contributed by atoms with Crippen LogP contribution < -0.4 is 0 Å². The van der Waals surface area contributed by atoms with Crippen molar-refractivity contribution in [1.29, 1.82) is 0 Å². The van der Waals surface area contributed by atoms with Gasteiger partial charge in [0, 0.05) is 24.7 Å². The van der Waals surface area contributed by atoms with Crippen LogP contribution in [0.4, 0.5) is 0 Å². The summed E-state index contributed by atoms with van der Waals surface area (Å²) < 4.78 is 5.19. The van der Waals surface area contributed by atoms with E-state index >= 15 is 0 Å². The lowest BCUT2D eigenvalue weighted by atomic mass is 10.0. The summed E-state index contributed by atoms with van der Waals surface area (Å²) in [6.45, 7) is 3.17. The van der Waals surface area contributed by atoms with E-state index in [9.17, 15) is 0 Å². The summed E-state index contributed by atoms with van der Waals surface area (Å²) >= 11 is 0. The second-order valence-corrected chi connectivity index (χ2v) is 6.24. The number of nitrogens with zero attached hydrogens (tertiary/aromatic N) is 2. The third-order valence-corrected chi connectivity index (χ3v) is 4.19. The Hall–Kier alpha value is -1.58. The van der Waals surface area contributed by atoms with Crippen molar-refractivity contribution in [3.63, 3.8) is 0 Å². The average molecular weight is 284 g/mol. The van der Waals surface area contributed by atoms with Gasteiger partial charge >= 0.3 is 0 Å². The maximum Gasteiger partial charge on any atom is 0.0947 e. The van der Waals surface area contributed by atoms with Gasteiger partial charge in [-0.25, -0.2) is 0 Å². The van der Waals surface area contributed by atoms with E-state index in [-0.39, 0.29) is 0 Å². The van der Waals surface area contributed by atoms with Crippen LogP contribution in [-0.2, 0) is 13.1 Å². The number of rotatable bonds is 5. The van der Waals surface area contributed by atoms with Crippen LogP contribution in [0.5, 0.6) is 0 Å². The molecule has 1 atom stereocenters. The third-order valence-electron chi connectivity index (χ3n) is 4.19. The molecule has 1 aromatic heterocycles. The first-order valence-electron chi connectivity index (χ1n) is 7.71. The fourth-order valence-corrected chi connectivity index (χ4v) is 3.22. The van der Waals surface area contributed by atoms with Crippen molar-refractivity contribution in [2.75, 3.05) is 20.6 Å². The van der Waals surface area contributed by atoms with E-state index in [0.717, 1.165) is 13.1 Å². The van der Waals surface area contributed by atoms with Gasteiger partial charge in [-0.15, -0.1) is 0 Å². The predicted molar refractivity (Wildman–Crippen MR) is 84.9 cm³/mol. The summed E-state index contributed by atoms with van der Waals surface area (Å²) in [5.74, 6) is 0. The zero-order chi connectivity index (χ0) is 14.7. The lowest BCUT2D eigenvalue weighted by molar-refractivity contribution is 0.248. The minimum atomic E-state index is 0.549. The standard InChI is InChI=1S/C18H24N2O/c1-19(2)12-15-5-7-17(8-6-15)18-4-3-10-20(18)13-16-9-11-21-14-16/h5-9,11,14,18H,3-4,10,12-13H2,1-2H3/t18-/m1/s1. The van der Waals surface area contributed by atoms with Crippen molar-refractivity contribution in [3.8, 4) is 0 Å². The Balaban J connectivity index is 1.69. The van der Waals surface area contributed by atoms with Crippen LogP contribution in [0, 0.1) is 0 Å². The highest BCUT2D eigenvalue weighted by atomic mass is 16.3. The van der Waals surface area contributed by atoms with Crippen LogP contribution in [0.1, 0.15) is 35.6 Å². The molecule has 3 nitrogen and oxygen atoms in total. The predicted octanol–water partition coefficient (Wildman–Crippen LogP) is 3.68. The zero-order valence-electron chi connectivity index (χ0n) is 13.0. The molecule has 2 heterocycles. The van der Waals surface area contributed by atoms with Gasteiger partial charge in [0.1, 0.15) is 0 Å². The molecule has 1 aliphatic rings. The largest absolute Gasteiger partial charge is 0.472 e. The van der Waals surface area contributed by atoms with Gasteiger partial charge in [-0.2, -0.15) is 0 Å². The van der Waals surface area contributed by atoms with E-state index in [1.54, 1.807) is 6.26 Å². The van der Waals surface area contributed by atoms with Crippen LogP contribution in [-0.4, -0.2) is 30.4 Å². The molecule has 0 saturated carbocycles. The highest BCUT2D eigenvalue weighted by molar-refractivity contribution is 5.26. The minimum absolute atomic E-state index is 0.549. The second kappa shape index (κ2) is 6.46. The molecule has 0 bridgehead atoms. The van der Waals surface area contributed by atoms with Gasteiger partial charge in [0.2, 0.25) is 0 Å². The van der Waals surface area contributed by atoms with Gasteiger partial charge in [0.05, 0.1) is 12.5 Å². The Kier molecular flexibility index (Phi) is 4.42. The first-order chi connectivity index (χ1) is 10.2. The number of benzene rings is 1. The summed E-state index contributed by atoms with van der Waals surface area (Å²) in [6.07, 6.45) is 6.15. The molecule has 3 heteroatoms. The Bertz CT molecular complexity index is 545. The highest BCUT2D eigenvalue weighted by Crippen LogP contribution is 2.33. The fraction of sp³-hybridized carbons (Fsp3) is 0.444. The van der Waals surface area contributed by atoms with Crippen molar-refractivity contribution >= 4 is 0 Å². The smallest absolute Gasteiger partial charge is 0.0947 e. The van der Waals surface area contributed by atoms with Gasteiger partial charge < -0.3 is 9.32 Å². The first-order valence-corrected chi connectivity index (χ1v) is 7.71. The maximum atomic E-state index is 5.19. The number of furan rings is 1. The Morgan fingerprint density at radius 1 is 1.14 bits per heavy atom. The minimum Gasteiger partial charge on any atom is -0.472 e. The maximum absolute atomic E-state index is 5.19. The molecule has 21 heavy (non-hydrogen) atoms. The molecular formula is C18H24N2O. The molecule has 1 fully saturated rings. The molecule has 3 rings (SSSR count). The molecule has 1 aromatic carbocycles. The summed E-state index contributed by atoms with van der Waals surface area (Å²) in [5, 5.41) is 0. The number of hydrogen-bond acceptors (Lipinski definition) is 3. The van der Waals surface area contributed by atoms with E-state index in [4.69, 9.17) is 4.42 Å². The molecule has 1 aliphatic heterocycles. The molecule has 1 saturated heterocycles. The summed E-state index contributed by atoms with van der Waals surface area (Å²) in [5.41, 5.74) is 4.09. The average Bonchev–Trinajstić information content (AvgIpc) is 3.11. The first kappa shape index (κ1) is 14.4. The topological polar surface area (TPSA) is 19.6 Å². The monoisotopic (exact) mass is 284 g/mol.